The summed E-state index contributed by atoms with van der Waals surface area (Å²) in [5, 5.41) is 2.81. The average molecular weight is 327 g/mol. The van der Waals surface area contributed by atoms with Crippen LogP contribution in [-0.4, -0.2) is 32.8 Å². The van der Waals surface area contributed by atoms with Crippen LogP contribution in [0.25, 0.3) is 0 Å². The number of methoxy groups -OCH3 is 1. The van der Waals surface area contributed by atoms with E-state index in [1.807, 2.05) is 36.4 Å². The Morgan fingerprint density at radius 1 is 1.17 bits per heavy atom. The Morgan fingerprint density at radius 2 is 2.00 bits per heavy atom. The first-order valence-electron chi connectivity index (χ1n) is 7.99. The maximum Gasteiger partial charge on any atom is 0.246 e. The summed E-state index contributed by atoms with van der Waals surface area (Å²) in [6.45, 7) is 1.11. The summed E-state index contributed by atoms with van der Waals surface area (Å²) >= 11 is 0. The van der Waals surface area contributed by atoms with E-state index in [-0.39, 0.29) is 18.6 Å². The van der Waals surface area contributed by atoms with E-state index in [4.69, 9.17) is 14.2 Å². The SMILES string of the molecule is COc1ccc(C2CNC(=O)CO2)cc1OCCc1ccccc1. The van der Waals surface area contributed by atoms with Crippen LogP contribution in [0, 0.1) is 0 Å². The number of amides is 1. The van der Waals surface area contributed by atoms with Crippen LogP contribution >= 0.6 is 0 Å². The van der Waals surface area contributed by atoms with E-state index in [9.17, 15) is 4.79 Å². The van der Waals surface area contributed by atoms with Gasteiger partial charge in [0.05, 0.1) is 13.7 Å². The minimum atomic E-state index is -0.162. The summed E-state index contributed by atoms with van der Waals surface area (Å²) in [4.78, 5) is 11.2. The summed E-state index contributed by atoms with van der Waals surface area (Å²) in [6.07, 6.45) is 0.662. The molecule has 126 valence electrons. The molecule has 1 aliphatic rings. The zero-order chi connectivity index (χ0) is 16.8. The van der Waals surface area contributed by atoms with E-state index in [0.29, 0.717) is 24.7 Å². The second kappa shape index (κ2) is 7.84. The van der Waals surface area contributed by atoms with E-state index in [1.165, 1.54) is 5.56 Å². The van der Waals surface area contributed by atoms with Gasteiger partial charge in [0.1, 0.15) is 12.7 Å². The molecule has 1 atom stereocenters. The lowest BCUT2D eigenvalue weighted by atomic mass is 10.1. The Morgan fingerprint density at radius 3 is 2.71 bits per heavy atom. The minimum Gasteiger partial charge on any atom is -0.493 e. The quantitative estimate of drug-likeness (QED) is 0.886. The van der Waals surface area contributed by atoms with E-state index in [0.717, 1.165) is 12.0 Å². The van der Waals surface area contributed by atoms with Gasteiger partial charge >= 0.3 is 0 Å². The van der Waals surface area contributed by atoms with Crippen molar-refractivity contribution in [2.24, 2.45) is 0 Å². The first-order valence-corrected chi connectivity index (χ1v) is 7.99. The fourth-order valence-electron chi connectivity index (χ4n) is 2.64. The highest BCUT2D eigenvalue weighted by molar-refractivity contribution is 5.77. The van der Waals surface area contributed by atoms with Crippen LogP contribution in [0.15, 0.2) is 48.5 Å². The Labute approximate surface area is 141 Å². The van der Waals surface area contributed by atoms with Crippen LogP contribution in [0.1, 0.15) is 17.2 Å². The van der Waals surface area contributed by atoms with Gasteiger partial charge in [-0.15, -0.1) is 0 Å². The number of ether oxygens (including phenoxy) is 3. The third kappa shape index (κ3) is 4.06. The van der Waals surface area contributed by atoms with Gasteiger partial charge in [-0.05, 0) is 23.3 Å². The standard InChI is InChI=1S/C19H21NO4/c1-22-16-8-7-15(18-12-20-19(21)13-24-18)11-17(16)23-10-9-14-5-3-2-4-6-14/h2-8,11,18H,9-10,12-13H2,1H3,(H,20,21). The Bertz CT molecular complexity index is 677. The van der Waals surface area contributed by atoms with Gasteiger partial charge in [-0.2, -0.15) is 0 Å². The van der Waals surface area contributed by atoms with Gasteiger partial charge in [-0.3, -0.25) is 4.79 Å². The molecule has 1 heterocycles. The highest BCUT2D eigenvalue weighted by atomic mass is 16.5. The Balaban J connectivity index is 1.66. The van der Waals surface area contributed by atoms with E-state index < -0.39 is 0 Å². The predicted molar refractivity (Wildman–Crippen MR) is 90.3 cm³/mol. The Hall–Kier alpha value is -2.53. The molecule has 1 unspecified atom stereocenters. The molecule has 24 heavy (non-hydrogen) atoms. The van der Waals surface area contributed by atoms with Crippen molar-refractivity contribution >= 4 is 5.91 Å². The minimum absolute atomic E-state index is 0.0842. The third-order valence-electron chi connectivity index (χ3n) is 3.95. The molecule has 2 aromatic carbocycles. The molecule has 0 saturated carbocycles. The predicted octanol–water partition coefficient (Wildman–Crippen LogP) is 2.50. The third-order valence-corrected chi connectivity index (χ3v) is 3.95. The van der Waals surface area contributed by atoms with Crippen molar-refractivity contribution in [1.29, 1.82) is 0 Å². The molecule has 0 bridgehead atoms. The molecule has 3 rings (SSSR count). The topological polar surface area (TPSA) is 56.8 Å². The van der Waals surface area contributed by atoms with Crippen molar-refractivity contribution in [2.75, 3.05) is 26.9 Å². The fourth-order valence-corrected chi connectivity index (χ4v) is 2.64. The molecular weight excluding hydrogens is 306 g/mol. The van der Waals surface area contributed by atoms with E-state index >= 15 is 0 Å². The summed E-state index contributed by atoms with van der Waals surface area (Å²) in [6, 6.07) is 15.9. The maximum atomic E-state index is 11.2. The highest BCUT2D eigenvalue weighted by Crippen LogP contribution is 2.32. The molecule has 0 aliphatic carbocycles. The maximum absolute atomic E-state index is 11.2. The van der Waals surface area contributed by atoms with Crippen molar-refractivity contribution in [3.05, 3.63) is 59.7 Å². The van der Waals surface area contributed by atoms with Crippen LogP contribution in [-0.2, 0) is 16.0 Å². The van der Waals surface area contributed by atoms with Gasteiger partial charge in [-0.25, -0.2) is 0 Å². The van der Waals surface area contributed by atoms with Gasteiger partial charge in [0.25, 0.3) is 0 Å². The van der Waals surface area contributed by atoms with E-state index in [2.05, 4.69) is 17.4 Å². The van der Waals surface area contributed by atoms with Crippen LogP contribution in [0.2, 0.25) is 0 Å². The van der Waals surface area contributed by atoms with Crippen molar-refractivity contribution < 1.29 is 19.0 Å². The number of carbonyl (C=O) groups excluding carboxylic acids is 1. The van der Waals surface area contributed by atoms with Gasteiger partial charge in [0.15, 0.2) is 11.5 Å². The van der Waals surface area contributed by atoms with Crippen molar-refractivity contribution in [2.45, 2.75) is 12.5 Å². The lowest BCUT2D eigenvalue weighted by Gasteiger charge is -2.24. The lowest BCUT2D eigenvalue weighted by molar-refractivity contribution is -0.133. The summed E-state index contributed by atoms with van der Waals surface area (Å²) in [5.41, 5.74) is 2.19. The highest BCUT2D eigenvalue weighted by Gasteiger charge is 2.21. The zero-order valence-corrected chi connectivity index (χ0v) is 13.7. The van der Waals surface area contributed by atoms with Gasteiger partial charge < -0.3 is 19.5 Å². The summed E-state index contributed by atoms with van der Waals surface area (Å²) in [7, 11) is 1.62. The molecule has 5 heteroatoms. The van der Waals surface area contributed by atoms with Crippen LogP contribution in [0.5, 0.6) is 11.5 Å². The molecule has 1 fully saturated rings. The molecule has 2 aromatic rings. The molecule has 1 saturated heterocycles. The number of benzene rings is 2. The van der Waals surface area contributed by atoms with Gasteiger partial charge in [-0.1, -0.05) is 36.4 Å². The molecule has 1 aliphatic heterocycles. The van der Waals surface area contributed by atoms with Crippen molar-refractivity contribution in [3.63, 3.8) is 0 Å². The zero-order valence-electron chi connectivity index (χ0n) is 13.7. The fraction of sp³-hybridized carbons (Fsp3) is 0.316. The summed E-state index contributed by atoms with van der Waals surface area (Å²) < 4.78 is 16.9. The number of rotatable bonds is 6. The molecule has 0 spiro atoms. The monoisotopic (exact) mass is 327 g/mol. The number of hydrogen-bond donors (Lipinski definition) is 1. The molecule has 1 amide bonds. The number of morpholine rings is 1. The largest absolute Gasteiger partial charge is 0.493 e. The second-order valence-corrected chi connectivity index (χ2v) is 5.60. The molecule has 0 aromatic heterocycles. The molecule has 5 nitrogen and oxygen atoms in total. The smallest absolute Gasteiger partial charge is 0.246 e. The average Bonchev–Trinajstić information content (AvgIpc) is 2.63. The van der Waals surface area contributed by atoms with Crippen LogP contribution < -0.4 is 14.8 Å². The van der Waals surface area contributed by atoms with Gasteiger partial charge in [0, 0.05) is 13.0 Å². The number of hydrogen-bond acceptors (Lipinski definition) is 4. The second-order valence-electron chi connectivity index (χ2n) is 5.60. The Kier molecular flexibility index (Phi) is 5.33. The lowest BCUT2D eigenvalue weighted by Crippen LogP contribution is -2.38. The van der Waals surface area contributed by atoms with Gasteiger partial charge in [0.2, 0.25) is 5.91 Å². The molecular formula is C19H21NO4. The normalized spacial score (nSPS) is 17.2. The first kappa shape index (κ1) is 16.3. The number of carbonyl (C=O) groups is 1. The molecule has 0 radical (unpaired) electrons. The van der Waals surface area contributed by atoms with Crippen molar-refractivity contribution in [3.8, 4) is 11.5 Å². The van der Waals surface area contributed by atoms with Crippen LogP contribution in [0.3, 0.4) is 0 Å². The number of nitrogens with one attached hydrogen (secondary N) is 1. The van der Waals surface area contributed by atoms with Crippen LogP contribution in [0.4, 0.5) is 0 Å². The summed E-state index contributed by atoms with van der Waals surface area (Å²) in [5.74, 6) is 1.29. The van der Waals surface area contributed by atoms with E-state index in [1.54, 1.807) is 7.11 Å². The van der Waals surface area contributed by atoms with Crippen molar-refractivity contribution in [1.82, 2.24) is 5.32 Å². The molecule has 1 N–H and O–H groups in total. The first-order chi connectivity index (χ1) is 11.8.